The number of aromatic nitrogens is 2. The highest BCUT2D eigenvalue weighted by Crippen LogP contribution is 2.32. The average Bonchev–Trinajstić information content (AvgIpc) is 2.63. The number of phenolic OH excluding ortho intramolecular Hbond substituents is 2. The van der Waals surface area contributed by atoms with Crippen molar-refractivity contribution in [3.63, 3.8) is 0 Å². The van der Waals surface area contributed by atoms with E-state index in [4.69, 9.17) is 4.74 Å². The summed E-state index contributed by atoms with van der Waals surface area (Å²) < 4.78 is 6.82. The van der Waals surface area contributed by atoms with Crippen LogP contribution in [0.15, 0.2) is 34.1 Å². The largest absolute Gasteiger partial charge is 0.504 e. The van der Waals surface area contributed by atoms with Crippen molar-refractivity contribution < 1.29 is 14.9 Å². The second-order valence-electron chi connectivity index (χ2n) is 6.23. The van der Waals surface area contributed by atoms with Crippen molar-refractivity contribution in [1.82, 2.24) is 14.5 Å². The molecule has 1 fully saturated rings. The fourth-order valence-corrected chi connectivity index (χ4v) is 3.10. The number of benzene rings is 1. The van der Waals surface area contributed by atoms with Gasteiger partial charge in [0.2, 0.25) is 11.9 Å². The molecule has 9 nitrogen and oxygen atoms in total. The number of rotatable bonds is 1. The number of ether oxygens (including phenoxy) is 1. The molecule has 1 aromatic carbocycles. The lowest BCUT2D eigenvalue weighted by molar-refractivity contribution is 0.0675. The van der Waals surface area contributed by atoms with Crippen LogP contribution in [0.5, 0.6) is 11.5 Å². The van der Waals surface area contributed by atoms with Crippen LogP contribution in [0, 0.1) is 6.92 Å². The van der Waals surface area contributed by atoms with Crippen molar-refractivity contribution in [2.24, 2.45) is 4.99 Å². The molecule has 0 bridgehead atoms. The minimum Gasteiger partial charge on any atom is -0.504 e. The molecule has 0 radical (unpaired) electrons. The summed E-state index contributed by atoms with van der Waals surface area (Å²) in [7, 11) is 0. The van der Waals surface area contributed by atoms with Gasteiger partial charge in [-0.25, -0.2) is 9.98 Å². The summed E-state index contributed by atoms with van der Waals surface area (Å²) in [6.45, 7) is 4.30. The van der Waals surface area contributed by atoms with Gasteiger partial charge in [0.1, 0.15) is 0 Å². The number of hydrogen-bond acceptors (Lipinski definition) is 8. The fourth-order valence-electron chi connectivity index (χ4n) is 3.10. The van der Waals surface area contributed by atoms with E-state index in [1.54, 1.807) is 13.0 Å². The van der Waals surface area contributed by atoms with Gasteiger partial charge in [-0.3, -0.25) is 14.7 Å². The number of phenols is 2. The first-order valence-corrected chi connectivity index (χ1v) is 8.32. The summed E-state index contributed by atoms with van der Waals surface area (Å²) >= 11 is 0. The molecule has 1 aromatic heterocycles. The number of aromatic hydroxyl groups is 2. The van der Waals surface area contributed by atoms with Crippen LogP contribution in [0.1, 0.15) is 17.4 Å². The maximum Gasteiger partial charge on any atom is 0.257 e. The van der Waals surface area contributed by atoms with E-state index in [0.29, 0.717) is 49.5 Å². The Kier molecular flexibility index (Phi) is 4.00. The van der Waals surface area contributed by atoms with E-state index < -0.39 is 6.17 Å². The Labute approximate surface area is 149 Å². The van der Waals surface area contributed by atoms with E-state index in [1.807, 2.05) is 4.90 Å². The second kappa shape index (κ2) is 6.34. The van der Waals surface area contributed by atoms with Crippen molar-refractivity contribution in [3.05, 3.63) is 45.9 Å². The van der Waals surface area contributed by atoms with Crippen molar-refractivity contribution >= 4 is 11.9 Å². The van der Waals surface area contributed by atoms with Gasteiger partial charge in [0.15, 0.2) is 17.7 Å². The molecule has 26 heavy (non-hydrogen) atoms. The van der Waals surface area contributed by atoms with Crippen molar-refractivity contribution in [3.8, 4) is 11.5 Å². The Bertz CT molecular complexity index is 933. The van der Waals surface area contributed by atoms with E-state index in [1.165, 1.54) is 22.8 Å². The SMILES string of the molecule is Cc1cc(=O)n2c(n1)NC(N1CCOCC1)=N[C@H]2c1ccc(O)c(O)c1. The zero-order valence-corrected chi connectivity index (χ0v) is 14.2. The third-order valence-corrected chi connectivity index (χ3v) is 4.40. The highest BCUT2D eigenvalue weighted by molar-refractivity contribution is 5.93. The molecule has 0 saturated carbocycles. The van der Waals surface area contributed by atoms with Gasteiger partial charge >= 0.3 is 0 Å². The van der Waals surface area contributed by atoms with Crippen molar-refractivity contribution in [2.45, 2.75) is 13.1 Å². The van der Waals surface area contributed by atoms with Gasteiger partial charge in [0, 0.05) is 30.4 Å². The van der Waals surface area contributed by atoms with E-state index in [9.17, 15) is 15.0 Å². The predicted octanol–water partition coefficient (Wildman–Crippen LogP) is 0.624. The number of aliphatic imine (C=N–C) groups is 1. The molecule has 0 aliphatic carbocycles. The fraction of sp³-hybridized carbons (Fsp3) is 0.353. The molecule has 1 saturated heterocycles. The number of nitrogens with one attached hydrogen (secondary N) is 1. The smallest absolute Gasteiger partial charge is 0.257 e. The third kappa shape index (κ3) is 2.86. The van der Waals surface area contributed by atoms with Crippen molar-refractivity contribution in [2.75, 3.05) is 31.6 Å². The summed E-state index contributed by atoms with van der Waals surface area (Å²) in [5, 5.41) is 22.6. The molecule has 2 aromatic rings. The van der Waals surface area contributed by atoms with Gasteiger partial charge < -0.3 is 19.8 Å². The third-order valence-electron chi connectivity index (χ3n) is 4.40. The number of nitrogens with zero attached hydrogens (tertiary/aromatic N) is 4. The van der Waals surface area contributed by atoms with Crippen LogP contribution in [0.2, 0.25) is 0 Å². The van der Waals surface area contributed by atoms with Gasteiger partial charge in [-0.1, -0.05) is 6.07 Å². The van der Waals surface area contributed by atoms with Gasteiger partial charge in [-0.2, -0.15) is 0 Å². The summed E-state index contributed by atoms with van der Waals surface area (Å²) in [6, 6.07) is 5.85. The molecule has 4 rings (SSSR count). The molecular formula is C17H19N5O4. The molecular weight excluding hydrogens is 338 g/mol. The van der Waals surface area contributed by atoms with E-state index in [2.05, 4.69) is 15.3 Å². The molecule has 136 valence electrons. The van der Waals surface area contributed by atoms with Crippen LogP contribution >= 0.6 is 0 Å². The highest BCUT2D eigenvalue weighted by atomic mass is 16.5. The first kappa shape index (κ1) is 16.4. The summed E-state index contributed by atoms with van der Waals surface area (Å²) in [6.07, 6.45) is -0.698. The maximum atomic E-state index is 12.6. The summed E-state index contributed by atoms with van der Waals surface area (Å²) in [5.41, 5.74) is 0.924. The number of aryl methyl sites for hydroxylation is 1. The number of guanidine groups is 1. The standard InChI is InChI=1S/C17H19N5O4/c1-10-8-14(25)22-15(11-2-3-12(23)13(24)9-11)19-16(20-17(22)18-10)21-4-6-26-7-5-21/h2-3,8-9,15,23-24H,4-7H2,1H3,(H,18,19,20)/t15-/m1/s1. The molecule has 1 atom stereocenters. The molecule has 3 heterocycles. The van der Waals surface area contributed by atoms with E-state index in [-0.39, 0.29) is 17.1 Å². The molecule has 2 aliphatic heterocycles. The lowest BCUT2D eigenvalue weighted by atomic mass is 10.1. The number of anilines is 1. The van der Waals surface area contributed by atoms with Gasteiger partial charge in [-0.05, 0) is 19.1 Å². The van der Waals surface area contributed by atoms with Crippen LogP contribution in [-0.4, -0.2) is 56.9 Å². The van der Waals surface area contributed by atoms with Crippen molar-refractivity contribution in [1.29, 1.82) is 0 Å². The molecule has 2 aliphatic rings. The molecule has 0 amide bonds. The minimum atomic E-state index is -0.698. The lowest BCUT2D eigenvalue weighted by Gasteiger charge is -2.34. The van der Waals surface area contributed by atoms with Gasteiger partial charge in [0.05, 0.1) is 13.2 Å². The summed E-state index contributed by atoms with van der Waals surface area (Å²) in [5.74, 6) is 0.501. The van der Waals surface area contributed by atoms with Crippen LogP contribution in [0.3, 0.4) is 0 Å². The first-order chi connectivity index (χ1) is 12.5. The number of hydrogen-bond donors (Lipinski definition) is 3. The van der Waals surface area contributed by atoms with E-state index in [0.717, 1.165) is 0 Å². The second-order valence-corrected chi connectivity index (χ2v) is 6.23. The zero-order chi connectivity index (χ0) is 18.3. The zero-order valence-electron chi connectivity index (χ0n) is 14.2. The number of morpholine rings is 1. The monoisotopic (exact) mass is 357 g/mol. The first-order valence-electron chi connectivity index (χ1n) is 8.32. The molecule has 0 unspecified atom stereocenters. The van der Waals surface area contributed by atoms with Crippen LogP contribution < -0.4 is 10.9 Å². The Balaban J connectivity index is 1.84. The molecule has 9 heteroatoms. The van der Waals surface area contributed by atoms with Gasteiger partial charge in [-0.15, -0.1) is 0 Å². The minimum absolute atomic E-state index is 0.227. The Morgan fingerprint density at radius 3 is 2.69 bits per heavy atom. The lowest BCUT2D eigenvalue weighted by Crippen LogP contribution is -2.47. The van der Waals surface area contributed by atoms with Crippen LogP contribution in [0.25, 0.3) is 0 Å². The summed E-state index contributed by atoms with van der Waals surface area (Å²) in [4.78, 5) is 23.7. The Hall–Kier alpha value is -3.07. The maximum absolute atomic E-state index is 12.6. The van der Waals surface area contributed by atoms with Crippen LogP contribution in [-0.2, 0) is 4.74 Å². The number of fused-ring (bicyclic) bond motifs is 1. The highest BCUT2D eigenvalue weighted by Gasteiger charge is 2.28. The predicted molar refractivity (Wildman–Crippen MR) is 94.6 cm³/mol. The average molecular weight is 357 g/mol. The molecule has 3 N–H and O–H groups in total. The quantitative estimate of drug-likeness (QED) is 0.642. The van der Waals surface area contributed by atoms with E-state index >= 15 is 0 Å². The van der Waals surface area contributed by atoms with Gasteiger partial charge in [0.25, 0.3) is 5.56 Å². The molecule has 0 spiro atoms. The Morgan fingerprint density at radius 2 is 1.96 bits per heavy atom. The normalized spacial score (nSPS) is 19.5. The topological polar surface area (TPSA) is 112 Å². The van der Waals surface area contributed by atoms with Crippen LogP contribution in [0.4, 0.5) is 5.95 Å². The Morgan fingerprint density at radius 1 is 1.19 bits per heavy atom.